The van der Waals surface area contributed by atoms with Gasteiger partial charge in [-0.05, 0) is 24.1 Å². The summed E-state index contributed by atoms with van der Waals surface area (Å²) >= 11 is 0. The zero-order chi connectivity index (χ0) is 11.3. The number of sulfonamides is 2. The van der Waals surface area contributed by atoms with Crippen molar-refractivity contribution < 1.29 is 16.8 Å². The van der Waals surface area contributed by atoms with Gasteiger partial charge >= 0.3 is 0 Å². The van der Waals surface area contributed by atoms with Crippen LogP contribution in [0.25, 0.3) is 4.13 Å². The van der Waals surface area contributed by atoms with Crippen molar-refractivity contribution in [2.45, 2.75) is 23.1 Å². The Kier molecular flexibility index (Phi) is 2.14. The van der Waals surface area contributed by atoms with Gasteiger partial charge in [-0.3, -0.25) is 0 Å². The molecule has 15 heavy (non-hydrogen) atoms. The highest BCUT2D eigenvalue weighted by Crippen LogP contribution is 2.38. The minimum atomic E-state index is -4.01. The summed E-state index contributed by atoms with van der Waals surface area (Å²) in [6.07, 6.45) is 0.642. The van der Waals surface area contributed by atoms with Crippen molar-refractivity contribution in [3.05, 3.63) is 27.9 Å². The largest absolute Gasteiger partial charge is 0.428 e. The van der Waals surface area contributed by atoms with E-state index in [9.17, 15) is 16.8 Å². The molecule has 0 amide bonds. The van der Waals surface area contributed by atoms with E-state index < -0.39 is 20.0 Å². The molecule has 0 saturated heterocycles. The average Bonchev–Trinajstić information content (AvgIpc) is 2.32. The molecule has 2 rings (SSSR count). The minimum Gasteiger partial charge on any atom is -0.428 e. The van der Waals surface area contributed by atoms with E-state index in [1.807, 2.05) is 6.92 Å². The molecule has 0 spiro atoms. The van der Waals surface area contributed by atoms with Gasteiger partial charge in [0.25, 0.3) is 0 Å². The van der Waals surface area contributed by atoms with Crippen LogP contribution in [0.3, 0.4) is 0 Å². The topological polar surface area (TPSA) is 82.4 Å². The van der Waals surface area contributed by atoms with Gasteiger partial charge in [-0.15, -0.1) is 0 Å². The van der Waals surface area contributed by atoms with Crippen LogP contribution in [0.15, 0.2) is 28.0 Å². The van der Waals surface area contributed by atoms with E-state index in [1.165, 1.54) is 12.1 Å². The van der Waals surface area contributed by atoms with E-state index in [4.69, 9.17) is 0 Å². The Bertz CT molecular complexity index is 616. The quantitative estimate of drug-likeness (QED) is 0.740. The molecule has 1 heterocycles. The second kappa shape index (κ2) is 3.03. The fourth-order valence-corrected chi connectivity index (χ4v) is 4.88. The SMILES string of the molecule is CCc1ccc2c(c1)S(=O)(=O)[N-]S2(=O)=O. The van der Waals surface area contributed by atoms with Crippen LogP contribution in [0.1, 0.15) is 12.5 Å². The lowest BCUT2D eigenvalue weighted by Crippen LogP contribution is -1.93. The first-order valence-electron chi connectivity index (χ1n) is 4.24. The Hall–Kier alpha value is -0.920. The van der Waals surface area contributed by atoms with Crippen LogP contribution in [0.4, 0.5) is 0 Å². The van der Waals surface area contributed by atoms with E-state index in [1.54, 1.807) is 6.07 Å². The molecule has 0 saturated carbocycles. The van der Waals surface area contributed by atoms with Crippen molar-refractivity contribution in [3.8, 4) is 0 Å². The van der Waals surface area contributed by atoms with E-state index in [0.29, 0.717) is 6.42 Å². The number of benzene rings is 1. The molecule has 0 fully saturated rings. The highest BCUT2D eigenvalue weighted by atomic mass is 32.3. The molecule has 1 aromatic carbocycles. The maximum Gasteiger partial charge on any atom is 0.113 e. The van der Waals surface area contributed by atoms with Crippen molar-refractivity contribution in [3.63, 3.8) is 0 Å². The van der Waals surface area contributed by atoms with Crippen LogP contribution in [-0.4, -0.2) is 16.8 Å². The van der Waals surface area contributed by atoms with Gasteiger partial charge < -0.3 is 4.13 Å². The fraction of sp³-hybridized carbons (Fsp3) is 0.250. The van der Waals surface area contributed by atoms with Gasteiger partial charge in [0, 0.05) is 0 Å². The van der Waals surface area contributed by atoms with Gasteiger partial charge in [0.05, 0.1) is 9.79 Å². The van der Waals surface area contributed by atoms with Gasteiger partial charge in [-0.1, -0.05) is 13.0 Å². The standard InChI is InChI=1S/C8H8NO4S2/c1-2-6-3-4-7-8(5-6)15(12,13)9-14(7,10)11/h3-5H,2H2,1H3/q-1. The molecule has 0 N–H and O–H groups in total. The van der Waals surface area contributed by atoms with Crippen LogP contribution < -0.4 is 0 Å². The third kappa shape index (κ3) is 1.56. The molecule has 0 bridgehead atoms. The van der Waals surface area contributed by atoms with E-state index >= 15 is 0 Å². The lowest BCUT2D eigenvalue weighted by atomic mass is 10.2. The number of aryl methyl sites for hydroxylation is 1. The average molecular weight is 246 g/mol. The molecule has 1 aliphatic rings. The Morgan fingerprint density at radius 2 is 1.67 bits per heavy atom. The second-order valence-corrected chi connectivity index (χ2v) is 6.54. The van der Waals surface area contributed by atoms with Crippen LogP contribution in [0.2, 0.25) is 0 Å². The normalized spacial score (nSPS) is 21.1. The summed E-state index contributed by atoms with van der Waals surface area (Å²) < 4.78 is 48.3. The zero-order valence-electron chi connectivity index (χ0n) is 7.84. The number of nitrogens with zero attached hydrogens (tertiary/aromatic N) is 1. The predicted octanol–water partition coefficient (Wildman–Crippen LogP) is 1.01. The molecule has 1 aliphatic heterocycles. The third-order valence-corrected chi connectivity index (χ3v) is 5.67. The Morgan fingerprint density at radius 3 is 2.27 bits per heavy atom. The first kappa shape index (κ1) is 10.6. The smallest absolute Gasteiger partial charge is 0.113 e. The number of rotatable bonds is 1. The van der Waals surface area contributed by atoms with Gasteiger partial charge in [0.1, 0.15) is 20.0 Å². The highest BCUT2D eigenvalue weighted by Gasteiger charge is 2.27. The van der Waals surface area contributed by atoms with Crippen LogP contribution in [0, 0.1) is 0 Å². The molecule has 5 nitrogen and oxygen atoms in total. The van der Waals surface area contributed by atoms with E-state index in [2.05, 4.69) is 4.13 Å². The Balaban J connectivity index is 2.83. The van der Waals surface area contributed by atoms with E-state index in [0.717, 1.165) is 5.56 Å². The van der Waals surface area contributed by atoms with E-state index in [-0.39, 0.29) is 9.79 Å². The maximum absolute atomic E-state index is 11.4. The van der Waals surface area contributed by atoms with Crippen molar-refractivity contribution in [2.24, 2.45) is 0 Å². The molecule has 0 atom stereocenters. The maximum atomic E-state index is 11.4. The van der Waals surface area contributed by atoms with Crippen molar-refractivity contribution >= 4 is 20.0 Å². The van der Waals surface area contributed by atoms with Gasteiger partial charge in [0.2, 0.25) is 0 Å². The molecule has 0 unspecified atom stereocenters. The molecule has 82 valence electrons. The predicted molar refractivity (Wildman–Crippen MR) is 53.6 cm³/mol. The summed E-state index contributed by atoms with van der Waals surface area (Å²) in [4.78, 5) is -0.429. The van der Waals surface area contributed by atoms with Crippen molar-refractivity contribution in [2.75, 3.05) is 0 Å². The summed E-state index contributed by atoms with van der Waals surface area (Å²) in [6.45, 7) is 1.86. The second-order valence-electron chi connectivity index (χ2n) is 3.16. The van der Waals surface area contributed by atoms with Gasteiger partial charge in [0.15, 0.2) is 0 Å². The Labute approximate surface area is 88.2 Å². The van der Waals surface area contributed by atoms with Crippen LogP contribution in [0.5, 0.6) is 0 Å². The molecule has 1 aromatic rings. The van der Waals surface area contributed by atoms with Crippen molar-refractivity contribution in [1.29, 1.82) is 0 Å². The summed E-state index contributed by atoms with van der Waals surface area (Å²) in [5.74, 6) is 0. The summed E-state index contributed by atoms with van der Waals surface area (Å²) in [7, 11) is -8.01. The number of hydrogen-bond acceptors (Lipinski definition) is 4. The number of fused-ring (bicyclic) bond motifs is 1. The zero-order valence-corrected chi connectivity index (χ0v) is 9.47. The first-order valence-corrected chi connectivity index (χ1v) is 7.12. The molecule has 7 heteroatoms. The molecular weight excluding hydrogens is 238 g/mol. The third-order valence-electron chi connectivity index (χ3n) is 2.17. The highest BCUT2D eigenvalue weighted by molar-refractivity contribution is 8.14. The lowest BCUT2D eigenvalue weighted by Gasteiger charge is -2.06. The van der Waals surface area contributed by atoms with Gasteiger partial charge in [-0.25, -0.2) is 16.8 Å². The minimum absolute atomic E-state index is 0.207. The number of hydrogen-bond donors (Lipinski definition) is 0. The summed E-state index contributed by atoms with van der Waals surface area (Å²) in [5.41, 5.74) is 0.768. The monoisotopic (exact) mass is 246 g/mol. The molecular formula is C8H8NO4S2-. The molecule has 0 aromatic heterocycles. The summed E-state index contributed by atoms with van der Waals surface area (Å²) in [6, 6.07) is 4.24. The van der Waals surface area contributed by atoms with Gasteiger partial charge in [-0.2, -0.15) is 0 Å². The van der Waals surface area contributed by atoms with Crippen molar-refractivity contribution in [1.82, 2.24) is 0 Å². The first-order chi connectivity index (χ1) is 6.87. The molecule has 0 aliphatic carbocycles. The van der Waals surface area contributed by atoms with Crippen LogP contribution >= 0.6 is 0 Å². The molecule has 0 radical (unpaired) electrons. The Morgan fingerprint density at radius 1 is 1.07 bits per heavy atom. The lowest BCUT2D eigenvalue weighted by molar-refractivity contribution is 0.602. The summed E-state index contributed by atoms with van der Waals surface area (Å²) in [5, 5.41) is 0. The fourth-order valence-electron chi connectivity index (χ4n) is 1.40. The van der Waals surface area contributed by atoms with Crippen LogP contribution in [-0.2, 0) is 26.5 Å².